The zero-order chi connectivity index (χ0) is 22.3. The van der Waals surface area contributed by atoms with Crippen LogP contribution in [-0.4, -0.2) is 20.3 Å². The van der Waals surface area contributed by atoms with Gasteiger partial charge in [0, 0.05) is 13.0 Å². The Morgan fingerprint density at radius 2 is 1.77 bits per heavy atom. The molecule has 0 saturated heterocycles. The second-order valence-electron chi connectivity index (χ2n) is 8.80. The van der Waals surface area contributed by atoms with Crippen molar-refractivity contribution in [3.05, 3.63) is 92.3 Å². The van der Waals surface area contributed by atoms with Gasteiger partial charge in [-0.05, 0) is 49.6 Å². The third kappa shape index (κ3) is 3.79. The summed E-state index contributed by atoms with van der Waals surface area (Å²) in [4.78, 5) is 37.2. The van der Waals surface area contributed by atoms with Gasteiger partial charge in [-0.25, -0.2) is 23.9 Å². The van der Waals surface area contributed by atoms with E-state index < -0.39 is 22.8 Å². The minimum atomic E-state index is -0.622. The second-order valence-corrected chi connectivity index (χ2v) is 8.80. The van der Waals surface area contributed by atoms with E-state index in [9.17, 15) is 14.4 Å². The van der Waals surface area contributed by atoms with E-state index in [1.165, 1.54) is 11.7 Å². The molecule has 0 fully saturated rings. The molecule has 2 atom stereocenters. The average Bonchev–Trinajstić information content (AvgIpc) is 2.99. The Labute approximate surface area is 179 Å². The van der Waals surface area contributed by atoms with E-state index in [1.807, 2.05) is 48.6 Å². The second kappa shape index (κ2) is 7.58. The van der Waals surface area contributed by atoms with E-state index in [0.717, 1.165) is 21.3 Å². The van der Waals surface area contributed by atoms with Gasteiger partial charge < -0.3 is 4.74 Å². The standard InChI is InChI=1S/C24H25N3O4/c1-24(2,3)21(28)31-17-11-13-19-16(14-17)10-12-18(15-8-6-5-7-9-15)20(19)27-23(30)26(4)22(29)25-27/h5-14,18,20H,1-4H3,(H,25,29)/t18-,20-/m1/s1. The van der Waals surface area contributed by atoms with Gasteiger partial charge in [0.25, 0.3) is 0 Å². The highest BCUT2D eigenvalue weighted by Crippen LogP contribution is 2.41. The fourth-order valence-electron chi connectivity index (χ4n) is 3.73. The van der Waals surface area contributed by atoms with Gasteiger partial charge in [0.15, 0.2) is 0 Å². The van der Waals surface area contributed by atoms with Crippen LogP contribution in [-0.2, 0) is 11.8 Å². The van der Waals surface area contributed by atoms with E-state index in [-0.39, 0.29) is 11.9 Å². The van der Waals surface area contributed by atoms with E-state index in [0.29, 0.717) is 5.75 Å². The number of ether oxygens (including phenoxy) is 1. The van der Waals surface area contributed by atoms with Gasteiger partial charge in [-0.15, -0.1) is 0 Å². The number of benzene rings is 2. The molecule has 160 valence electrons. The highest BCUT2D eigenvalue weighted by Gasteiger charge is 2.32. The molecule has 31 heavy (non-hydrogen) atoms. The van der Waals surface area contributed by atoms with Crippen molar-refractivity contribution in [1.29, 1.82) is 0 Å². The molecule has 0 saturated carbocycles. The van der Waals surface area contributed by atoms with Crippen LogP contribution < -0.4 is 16.1 Å². The number of aromatic amines is 1. The highest BCUT2D eigenvalue weighted by molar-refractivity contribution is 5.78. The van der Waals surface area contributed by atoms with Crippen molar-refractivity contribution in [2.24, 2.45) is 12.5 Å². The molecule has 1 aliphatic rings. The molecule has 4 rings (SSSR count). The number of fused-ring (bicyclic) bond motifs is 1. The first-order chi connectivity index (χ1) is 14.7. The Bertz CT molecular complexity index is 1270. The van der Waals surface area contributed by atoms with Gasteiger partial charge in [0.1, 0.15) is 5.75 Å². The third-order valence-electron chi connectivity index (χ3n) is 5.50. The molecule has 1 aliphatic carbocycles. The lowest BCUT2D eigenvalue weighted by Gasteiger charge is -2.30. The predicted octanol–water partition coefficient (Wildman–Crippen LogP) is 3.23. The maximum Gasteiger partial charge on any atom is 0.347 e. The summed E-state index contributed by atoms with van der Waals surface area (Å²) in [5, 5.41) is 2.68. The van der Waals surface area contributed by atoms with Crippen LogP contribution in [0.4, 0.5) is 0 Å². The summed E-state index contributed by atoms with van der Waals surface area (Å²) >= 11 is 0. The molecule has 1 aromatic heterocycles. The third-order valence-corrected chi connectivity index (χ3v) is 5.50. The Hall–Kier alpha value is -3.61. The van der Waals surface area contributed by atoms with Crippen LogP contribution in [0.25, 0.3) is 6.08 Å². The van der Waals surface area contributed by atoms with Crippen LogP contribution in [0.15, 0.2) is 64.2 Å². The van der Waals surface area contributed by atoms with E-state index >= 15 is 0 Å². The lowest BCUT2D eigenvalue weighted by molar-refractivity contribution is -0.142. The zero-order valence-corrected chi connectivity index (χ0v) is 18.0. The molecule has 0 bridgehead atoms. The number of esters is 1. The first-order valence-electron chi connectivity index (χ1n) is 10.1. The molecule has 3 aromatic rings. The minimum absolute atomic E-state index is 0.160. The molecule has 0 aliphatic heterocycles. The first kappa shape index (κ1) is 20.7. The number of hydrogen-bond donors (Lipinski definition) is 1. The zero-order valence-electron chi connectivity index (χ0n) is 18.0. The summed E-state index contributed by atoms with van der Waals surface area (Å²) in [7, 11) is 1.45. The molecule has 2 aromatic carbocycles. The van der Waals surface area contributed by atoms with Crippen molar-refractivity contribution in [2.45, 2.75) is 32.7 Å². The van der Waals surface area contributed by atoms with E-state index in [2.05, 4.69) is 5.10 Å². The van der Waals surface area contributed by atoms with Crippen LogP contribution in [0.3, 0.4) is 0 Å². The maximum atomic E-state index is 12.8. The Balaban J connectivity index is 1.83. The number of rotatable bonds is 3. The van der Waals surface area contributed by atoms with E-state index in [4.69, 9.17) is 4.74 Å². The van der Waals surface area contributed by atoms with E-state index in [1.54, 1.807) is 32.9 Å². The average molecular weight is 419 g/mol. The number of nitrogens with zero attached hydrogens (tertiary/aromatic N) is 2. The molecule has 1 N–H and O–H groups in total. The Morgan fingerprint density at radius 1 is 1.06 bits per heavy atom. The summed E-state index contributed by atoms with van der Waals surface area (Å²) in [5.41, 5.74) is 1.20. The largest absolute Gasteiger partial charge is 0.426 e. The van der Waals surface area contributed by atoms with Crippen LogP contribution >= 0.6 is 0 Å². The summed E-state index contributed by atoms with van der Waals surface area (Å²) in [6.07, 6.45) is 3.97. The summed E-state index contributed by atoms with van der Waals surface area (Å²) < 4.78 is 7.97. The number of aromatic nitrogens is 3. The monoisotopic (exact) mass is 419 g/mol. The lowest BCUT2D eigenvalue weighted by atomic mass is 9.81. The van der Waals surface area contributed by atoms with Gasteiger partial charge >= 0.3 is 17.3 Å². The van der Waals surface area contributed by atoms with Crippen molar-refractivity contribution >= 4 is 12.0 Å². The minimum Gasteiger partial charge on any atom is -0.426 e. The fourth-order valence-corrected chi connectivity index (χ4v) is 3.73. The van der Waals surface area contributed by atoms with Crippen molar-refractivity contribution < 1.29 is 9.53 Å². The summed E-state index contributed by atoms with van der Waals surface area (Å²) in [6, 6.07) is 14.7. The molecule has 0 unspecified atom stereocenters. The van der Waals surface area contributed by atoms with Crippen LogP contribution in [0.1, 0.15) is 49.4 Å². The molecule has 0 spiro atoms. The van der Waals surface area contributed by atoms with Crippen molar-refractivity contribution in [3.8, 4) is 5.75 Å². The molecule has 0 amide bonds. The molecule has 7 heteroatoms. The number of nitrogens with one attached hydrogen (secondary N) is 1. The number of allylic oxidation sites excluding steroid dienone is 1. The summed E-state index contributed by atoms with van der Waals surface area (Å²) in [5.74, 6) is -0.0453. The van der Waals surface area contributed by atoms with Gasteiger partial charge in [-0.2, -0.15) is 0 Å². The molecule has 1 heterocycles. The number of carbonyl (C=O) groups excluding carboxylic acids is 1. The van der Waals surface area contributed by atoms with Crippen LogP contribution in [0, 0.1) is 5.41 Å². The lowest BCUT2D eigenvalue weighted by Crippen LogP contribution is -2.32. The summed E-state index contributed by atoms with van der Waals surface area (Å²) in [6.45, 7) is 5.39. The van der Waals surface area contributed by atoms with Crippen LogP contribution in [0.5, 0.6) is 5.75 Å². The Kier molecular flexibility index (Phi) is 5.05. The topological polar surface area (TPSA) is 86.1 Å². The first-order valence-corrected chi connectivity index (χ1v) is 10.1. The molecule has 7 nitrogen and oxygen atoms in total. The van der Waals surface area contributed by atoms with Gasteiger partial charge in [-0.3, -0.25) is 4.79 Å². The van der Waals surface area contributed by atoms with Gasteiger partial charge in [-0.1, -0.05) is 48.6 Å². The van der Waals surface area contributed by atoms with Gasteiger partial charge in [0.2, 0.25) is 0 Å². The predicted molar refractivity (Wildman–Crippen MR) is 118 cm³/mol. The number of hydrogen-bond acceptors (Lipinski definition) is 4. The Morgan fingerprint density at radius 3 is 2.39 bits per heavy atom. The quantitative estimate of drug-likeness (QED) is 0.522. The SMILES string of the molecule is Cn1c(=O)[nH]n([C@H]2c3ccc(OC(=O)C(C)(C)C)cc3C=C[C@@H]2c2ccccc2)c1=O. The van der Waals surface area contributed by atoms with Crippen molar-refractivity contribution in [2.75, 3.05) is 0 Å². The molecular weight excluding hydrogens is 394 g/mol. The van der Waals surface area contributed by atoms with Gasteiger partial charge in [0.05, 0.1) is 11.5 Å². The molecule has 0 radical (unpaired) electrons. The fraction of sp³-hybridized carbons (Fsp3) is 0.292. The number of H-pyrrole nitrogens is 1. The highest BCUT2D eigenvalue weighted by atomic mass is 16.5. The maximum absolute atomic E-state index is 12.8. The van der Waals surface area contributed by atoms with Crippen molar-refractivity contribution in [1.82, 2.24) is 14.3 Å². The number of carbonyl (C=O) groups is 1. The van der Waals surface area contributed by atoms with Crippen LogP contribution in [0.2, 0.25) is 0 Å². The molecular formula is C24H25N3O4. The normalized spacial score (nSPS) is 17.9. The smallest absolute Gasteiger partial charge is 0.347 e. The van der Waals surface area contributed by atoms with Crippen molar-refractivity contribution in [3.63, 3.8) is 0 Å².